The molecule has 1 aromatic rings. The molecule has 0 radical (unpaired) electrons. The van der Waals surface area contributed by atoms with E-state index in [1.807, 2.05) is 24.3 Å². The number of hydrogen-bond acceptors (Lipinski definition) is 4. The van der Waals surface area contributed by atoms with Gasteiger partial charge in [0.25, 0.3) is 0 Å². The Morgan fingerprint density at radius 1 is 1.28 bits per heavy atom. The first-order valence-electron chi connectivity index (χ1n) is 6.31. The summed E-state index contributed by atoms with van der Waals surface area (Å²) in [7, 11) is 1.62. The van der Waals surface area contributed by atoms with E-state index in [9.17, 15) is 5.11 Å². The third-order valence-corrected chi connectivity index (χ3v) is 3.16. The molecule has 1 aliphatic heterocycles. The molecule has 0 bridgehead atoms. The Bertz CT molecular complexity index is 343. The summed E-state index contributed by atoms with van der Waals surface area (Å²) >= 11 is 0. The van der Waals surface area contributed by atoms with Crippen LogP contribution in [0.4, 0.5) is 0 Å². The van der Waals surface area contributed by atoms with Crippen LogP contribution in [0.2, 0.25) is 0 Å². The molecule has 4 nitrogen and oxygen atoms in total. The van der Waals surface area contributed by atoms with Gasteiger partial charge in [0, 0.05) is 13.2 Å². The Hall–Kier alpha value is -1.10. The molecule has 1 aromatic carbocycles. The number of methoxy groups -OCH3 is 1. The van der Waals surface area contributed by atoms with Crippen molar-refractivity contribution in [3.05, 3.63) is 29.8 Å². The number of hydrogen-bond donors (Lipinski definition) is 1. The molecule has 0 aromatic heterocycles. The van der Waals surface area contributed by atoms with Gasteiger partial charge in [0.05, 0.1) is 19.8 Å². The molecule has 0 aliphatic carbocycles. The number of benzene rings is 1. The maximum atomic E-state index is 10.0. The minimum Gasteiger partial charge on any atom is -0.497 e. The number of aliphatic hydroxyl groups excluding tert-OH is 1. The van der Waals surface area contributed by atoms with Crippen LogP contribution >= 0.6 is 0 Å². The number of rotatable bonds is 5. The Labute approximate surface area is 107 Å². The zero-order valence-corrected chi connectivity index (χ0v) is 10.7. The predicted octanol–water partition coefficient (Wildman–Crippen LogP) is 1.92. The standard InChI is InChI=1S/C14H20O4/c1-16-12-4-2-11(3-5-12)14(15)10-18-13-6-8-17-9-7-13/h2-5,13-15H,6-10H2,1H3. The second-order valence-electron chi connectivity index (χ2n) is 4.43. The van der Waals surface area contributed by atoms with Crippen LogP contribution in [0, 0.1) is 0 Å². The third-order valence-electron chi connectivity index (χ3n) is 3.16. The summed E-state index contributed by atoms with van der Waals surface area (Å²) in [6.07, 6.45) is 1.45. The van der Waals surface area contributed by atoms with Crippen LogP contribution < -0.4 is 4.74 Å². The Morgan fingerprint density at radius 3 is 2.56 bits per heavy atom. The summed E-state index contributed by atoms with van der Waals surface area (Å²) in [5.41, 5.74) is 0.850. The van der Waals surface area contributed by atoms with Crippen LogP contribution in [0.1, 0.15) is 24.5 Å². The highest BCUT2D eigenvalue weighted by Gasteiger charge is 2.16. The van der Waals surface area contributed by atoms with Crippen molar-refractivity contribution in [3.8, 4) is 5.75 Å². The molecular formula is C14H20O4. The van der Waals surface area contributed by atoms with Crippen molar-refractivity contribution in [1.29, 1.82) is 0 Å². The molecule has 1 atom stereocenters. The zero-order chi connectivity index (χ0) is 12.8. The Morgan fingerprint density at radius 2 is 1.94 bits per heavy atom. The van der Waals surface area contributed by atoms with E-state index in [-0.39, 0.29) is 6.10 Å². The Kier molecular flexibility index (Phi) is 4.99. The summed E-state index contributed by atoms with van der Waals surface area (Å²) in [4.78, 5) is 0. The molecule has 1 unspecified atom stereocenters. The summed E-state index contributed by atoms with van der Waals surface area (Å²) in [5.74, 6) is 0.788. The minimum absolute atomic E-state index is 0.214. The van der Waals surface area contributed by atoms with Gasteiger partial charge >= 0.3 is 0 Å². The monoisotopic (exact) mass is 252 g/mol. The van der Waals surface area contributed by atoms with Crippen molar-refractivity contribution in [3.63, 3.8) is 0 Å². The highest BCUT2D eigenvalue weighted by Crippen LogP contribution is 2.19. The maximum absolute atomic E-state index is 10.0. The molecule has 0 saturated carbocycles. The molecule has 1 fully saturated rings. The second kappa shape index (κ2) is 6.73. The summed E-state index contributed by atoms with van der Waals surface area (Å²) in [5, 5.41) is 10.0. The van der Waals surface area contributed by atoms with Crippen molar-refractivity contribution in [2.75, 3.05) is 26.9 Å². The first kappa shape index (κ1) is 13.3. The van der Waals surface area contributed by atoms with Crippen molar-refractivity contribution < 1.29 is 19.3 Å². The zero-order valence-electron chi connectivity index (χ0n) is 10.7. The highest BCUT2D eigenvalue weighted by atomic mass is 16.5. The molecule has 2 rings (SSSR count). The SMILES string of the molecule is COc1ccc(C(O)COC2CCOCC2)cc1. The first-order chi connectivity index (χ1) is 8.79. The fourth-order valence-electron chi connectivity index (χ4n) is 1.99. The molecular weight excluding hydrogens is 232 g/mol. The van der Waals surface area contributed by atoms with Gasteiger partial charge in [-0.05, 0) is 30.5 Å². The molecule has 4 heteroatoms. The van der Waals surface area contributed by atoms with Crippen LogP contribution in [-0.2, 0) is 9.47 Å². The number of aliphatic hydroxyl groups is 1. The molecule has 1 heterocycles. The third kappa shape index (κ3) is 3.70. The lowest BCUT2D eigenvalue weighted by Crippen LogP contribution is -2.25. The lowest BCUT2D eigenvalue weighted by atomic mass is 10.1. The predicted molar refractivity (Wildman–Crippen MR) is 67.7 cm³/mol. The highest BCUT2D eigenvalue weighted by molar-refractivity contribution is 5.28. The maximum Gasteiger partial charge on any atom is 0.118 e. The lowest BCUT2D eigenvalue weighted by Gasteiger charge is -2.23. The van der Waals surface area contributed by atoms with Gasteiger partial charge in [-0.2, -0.15) is 0 Å². The van der Waals surface area contributed by atoms with Crippen LogP contribution in [0.15, 0.2) is 24.3 Å². The first-order valence-corrected chi connectivity index (χ1v) is 6.31. The largest absolute Gasteiger partial charge is 0.497 e. The summed E-state index contributed by atoms with van der Waals surface area (Å²) in [6.45, 7) is 1.84. The van der Waals surface area contributed by atoms with E-state index in [2.05, 4.69) is 0 Å². The van der Waals surface area contributed by atoms with Gasteiger partial charge in [-0.15, -0.1) is 0 Å². The average molecular weight is 252 g/mol. The second-order valence-corrected chi connectivity index (χ2v) is 4.43. The van der Waals surface area contributed by atoms with E-state index in [1.165, 1.54) is 0 Å². The van der Waals surface area contributed by atoms with Crippen LogP contribution in [0.5, 0.6) is 5.75 Å². The topological polar surface area (TPSA) is 47.9 Å². The van der Waals surface area contributed by atoms with Gasteiger partial charge in [-0.25, -0.2) is 0 Å². The van der Waals surface area contributed by atoms with Gasteiger partial charge in [0.2, 0.25) is 0 Å². The summed E-state index contributed by atoms with van der Waals surface area (Å²) < 4.78 is 16.0. The molecule has 18 heavy (non-hydrogen) atoms. The van der Waals surface area contributed by atoms with E-state index in [4.69, 9.17) is 14.2 Å². The van der Waals surface area contributed by atoms with E-state index >= 15 is 0 Å². The summed E-state index contributed by atoms with van der Waals surface area (Å²) in [6, 6.07) is 7.40. The molecule has 1 aliphatic rings. The van der Waals surface area contributed by atoms with Gasteiger partial charge < -0.3 is 19.3 Å². The van der Waals surface area contributed by atoms with Crippen LogP contribution in [0.3, 0.4) is 0 Å². The van der Waals surface area contributed by atoms with Crippen molar-refractivity contribution in [2.45, 2.75) is 25.0 Å². The van der Waals surface area contributed by atoms with E-state index < -0.39 is 6.10 Å². The number of ether oxygens (including phenoxy) is 3. The normalized spacial score (nSPS) is 18.6. The van der Waals surface area contributed by atoms with Gasteiger partial charge in [0.15, 0.2) is 0 Å². The molecule has 0 spiro atoms. The molecule has 100 valence electrons. The molecule has 0 amide bonds. The fourth-order valence-corrected chi connectivity index (χ4v) is 1.99. The van der Waals surface area contributed by atoms with Crippen molar-refractivity contribution in [1.82, 2.24) is 0 Å². The van der Waals surface area contributed by atoms with Gasteiger partial charge in [0.1, 0.15) is 11.9 Å². The van der Waals surface area contributed by atoms with E-state index in [1.54, 1.807) is 7.11 Å². The van der Waals surface area contributed by atoms with Crippen LogP contribution in [-0.4, -0.2) is 38.1 Å². The van der Waals surface area contributed by atoms with Crippen LogP contribution in [0.25, 0.3) is 0 Å². The lowest BCUT2D eigenvalue weighted by molar-refractivity contribution is -0.0598. The molecule has 1 saturated heterocycles. The Balaban J connectivity index is 1.80. The average Bonchev–Trinajstić information content (AvgIpc) is 2.46. The van der Waals surface area contributed by atoms with Gasteiger partial charge in [-0.1, -0.05) is 12.1 Å². The van der Waals surface area contributed by atoms with E-state index in [0.29, 0.717) is 6.61 Å². The fraction of sp³-hybridized carbons (Fsp3) is 0.571. The van der Waals surface area contributed by atoms with Crippen molar-refractivity contribution >= 4 is 0 Å². The van der Waals surface area contributed by atoms with Crippen molar-refractivity contribution in [2.24, 2.45) is 0 Å². The quantitative estimate of drug-likeness (QED) is 0.869. The van der Waals surface area contributed by atoms with Gasteiger partial charge in [-0.3, -0.25) is 0 Å². The minimum atomic E-state index is -0.584. The molecule has 1 N–H and O–H groups in total. The van der Waals surface area contributed by atoms with E-state index in [0.717, 1.165) is 37.4 Å². The smallest absolute Gasteiger partial charge is 0.118 e.